The molecule has 1 aromatic rings. The number of hydrogen-bond donors (Lipinski definition) is 1. The van der Waals surface area contributed by atoms with Crippen molar-refractivity contribution in [2.75, 3.05) is 0 Å². The van der Waals surface area contributed by atoms with Gasteiger partial charge in [0.15, 0.2) is 17.8 Å². The zero-order chi connectivity index (χ0) is 12.4. The van der Waals surface area contributed by atoms with Gasteiger partial charge < -0.3 is 9.67 Å². The van der Waals surface area contributed by atoms with Gasteiger partial charge in [-0.25, -0.2) is 9.78 Å². The highest BCUT2D eigenvalue weighted by Gasteiger charge is 2.27. The third-order valence-electron chi connectivity index (χ3n) is 3.47. The van der Waals surface area contributed by atoms with Crippen molar-refractivity contribution in [1.82, 2.24) is 9.55 Å². The lowest BCUT2D eigenvalue weighted by Crippen LogP contribution is -2.13. The Hall–Kier alpha value is -1.65. The molecule has 1 aliphatic rings. The maximum Gasteiger partial charge on any atom is 0.356 e. The van der Waals surface area contributed by atoms with Crippen molar-refractivity contribution in [2.45, 2.75) is 38.0 Å². The molecule has 0 radical (unpaired) electrons. The first-order chi connectivity index (χ1) is 8.15. The van der Waals surface area contributed by atoms with Crippen LogP contribution in [0.5, 0.6) is 0 Å². The fourth-order valence-corrected chi connectivity index (χ4v) is 2.64. The molecule has 17 heavy (non-hydrogen) atoms. The highest BCUT2D eigenvalue weighted by atomic mass is 16.4. The normalized spacial score (nSPS) is 17.0. The smallest absolute Gasteiger partial charge is 0.356 e. The second-order valence-electron chi connectivity index (χ2n) is 4.52. The molecule has 0 bridgehead atoms. The number of rotatable bonds is 3. The minimum atomic E-state index is -1.05. The van der Waals surface area contributed by atoms with Gasteiger partial charge in [-0.15, -0.1) is 0 Å². The van der Waals surface area contributed by atoms with Crippen molar-refractivity contribution in [1.29, 1.82) is 0 Å². The zero-order valence-corrected chi connectivity index (χ0v) is 9.85. The van der Waals surface area contributed by atoms with E-state index in [4.69, 9.17) is 5.11 Å². The second-order valence-corrected chi connectivity index (χ2v) is 4.52. The number of carbonyl (C=O) groups excluding carboxylic acids is 1. The summed E-state index contributed by atoms with van der Waals surface area (Å²) in [5.74, 6) is -0.627. The summed E-state index contributed by atoms with van der Waals surface area (Å²) < 4.78 is 1.63. The summed E-state index contributed by atoms with van der Waals surface area (Å²) in [7, 11) is 1.72. The summed E-state index contributed by atoms with van der Waals surface area (Å²) >= 11 is 0. The maximum absolute atomic E-state index is 11.2. The van der Waals surface area contributed by atoms with Gasteiger partial charge in [-0.05, 0) is 12.8 Å². The van der Waals surface area contributed by atoms with Crippen LogP contribution in [0.1, 0.15) is 64.8 Å². The van der Waals surface area contributed by atoms with E-state index in [1.807, 2.05) is 0 Å². The van der Waals surface area contributed by atoms with Gasteiger partial charge in [-0.3, -0.25) is 4.79 Å². The lowest BCUT2D eigenvalue weighted by Gasteiger charge is -2.22. The third-order valence-corrected chi connectivity index (χ3v) is 3.47. The Morgan fingerprint density at radius 1 is 1.41 bits per heavy atom. The highest BCUT2D eigenvalue weighted by Crippen LogP contribution is 2.34. The number of carboxylic acid groups (broad SMARTS) is 1. The van der Waals surface area contributed by atoms with Crippen LogP contribution in [-0.4, -0.2) is 26.9 Å². The summed E-state index contributed by atoms with van der Waals surface area (Å²) in [6, 6.07) is 0. The lowest BCUT2D eigenvalue weighted by molar-refractivity contribution is 0.0688. The van der Waals surface area contributed by atoms with Crippen LogP contribution in [0.2, 0.25) is 0 Å². The Kier molecular flexibility index (Phi) is 3.26. The van der Waals surface area contributed by atoms with Gasteiger partial charge in [0.1, 0.15) is 0 Å². The molecule has 0 spiro atoms. The molecule has 0 aromatic carbocycles. The van der Waals surface area contributed by atoms with E-state index in [-0.39, 0.29) is 17.4 Å². The van der Waals surface area contributed by atoms with E-state index in [0.717, 1.165) is 25.7 Å². The molecule has 2 rings (SSSR count). The van der Waals surface area contributed by atoms with Crippen LogP contribution < -0.4 is 0 Å². The van der Waals surface area contributed by atoms with Crippen LogP contribution in [0, 0.1) is 0 Å². The average Bonchev–Trinajstić information content (AvgIpc) is 2.67. The summed E-state index contributed by atoms with van der Waals surface area (Å²) in [5, 5.41) is 9.14. The molecule has 0 unspecified atom stereocenters. The number of carboxylic acids is 1. The molecule has 1 aliphatic carbocycles. The predicted octanol–water partition coefficient (Wildman–Crippen LogP) is 1.98. The van der Waals surface area contributed by atoms with Crippen LogP contribution in [0.15, 0.2) is 0 Å². The van der Waals surface area contributed by atoms with Crippen LogP contribution in [0.3, 0.4) is 0 Å². The quantitative estimate of drug-likeness (QED) is 0.814. The van der Waals surface area contributed by atoms with Gasteiger partial charge in [0.05, 0.1) is 5.69 Å². The highest BCUT2D eigenvalue weighted by molar-refractivity contribution is 5.88. The lowest BCUT2D eigenvalue weighted by atomic mass is 9.86. The fraction of sp³-hybridized carbons (Fsp3) is 0.583. The standard InChI is InChI=1S/C12H16N2O3/c1-14-9(7-15)13-10(12(16)17)11(14)8-5-3-2-4-6-8/h7-8H,2-6H2,1H3,(H,16,17). The molecule has 0 aliphatic heterocycles. The van der Waals surface area contributed by atoms with Gasteiger partial charge in [-0.2, -0.15) is 0 Å². The fourth-order valence-electron chi connectivity index (χ4n) is 2.64. The largest absolute Gasteiger partial charge is 0.476 e. The maximum atomic E-state index is 11.2. The van der Waals surface area contributed by atoms with Crippen LogP contribution in [-0.2, 0) is 7.05 Å². The van der Waals surface area contributed by atoms with E-state index in [0.29, 0.717) is 12.0 Å². The first-order valence-corrected chi connectivity index (χ1v) is 5.90. The number of aldehydes is 1. The number of aromatic carboxylic acids is 1. The van der Waals surface area contributed by atoms with E-state index in [1.165, 1.54) is 6.42 Å². The van der Waals surface area contributed by atoms with E-state index in [2.05, 4.69) is 4.98 Å². The van der Waals surface area contributed by atoms with Gasteiger partial charge in [0.25, 0.3) is 0 Å². The van der Waals surface area contributed by atoms with Gasteiger partial charge in [-0.1, -0.05) is 19.3 Å². The van der Waals surface area contributed by atoms with Crippen molar-refractivity contribution in [3.8, 4) is 0 Å². The minimum absolute atomic E-state index is 0.0431. The number of carbonyl (C=O) groups is 2. The molecule has 5 nitrogen and oxygen atoms in total. The van der Waals surface area contributed by atoms with Crippen molar-refractivity contribution in [3.05, 3.63) is 17.2 Å². The van der Waals surface area contributed by atoms with Crippen molar-refractivity contribution in [2.24, 2.45) is 7.05 Å². The second kappa shape index (κ2) is 4.69. The molecule has 1 N–H and O–H groups in total. The van der Waals surface area contributed by atoms with E-state index in [1.54, 1.807) is 11.6 Å². The Labute approximate surface area is 99.5 Å². The summed E-state index contributed by atoms with van der Waals surface area (Å²) in [4.78, 5) is 25.9. The Morgan fingerprint density at radius 2 is 2.06 bits per heavy atom. The topological polar surface area (TPSA) is 72.2 Å². The van der Waals surface area contributed by atoms with Gasteiger partial charge in [0, 0.05) is 13.0 Å². The van der Waals surface area contributed by atoms with Crippen molar-refractivity contribution >= 4 is 12.3 Å². The predicted molar refractivity (Wildman–Crippen MR) is 61.4 cm³/mol. The molecule has 92 valence electrons. The Morgan fingerprint density at radius 3 is 2.59 bits per heavy atom. The number of imidazole rings is 1. The number of aromatic nitrogens is 2. The van der Waals surface area contributed by atoms with Gasteiger partial charge >= 0.3 is 5.97 Å². The van der Waals surface area contributed by atoms with E-state index in [9.17, 15) is 9.59 Å². The molecule has 5 heteroatoms. The van der Waals surface area contributed by atoms with E-state index >= 15 is 0 Å². The first-order valence-electron chi connectivity index (χ1n) is 5.90. The van der Waals surface area contributed by atoms with Crippen molar-refractivity contribution < 1.29 is 14.7 Å². The van der Waals surface area contributed by atoms with Crippen LogP contribution >= 0.6 is 0 Å². The summed E-state index contributed by atoms with van der Waals surface area (Å²) in [5.41, 5.74) is 0.751. The zero-order valence-electron chi connectivity index (χ0n) is 9.85. The number of nitrogens with zero attached hydrogens (tertiary/aromatic N) is 2. The molecular weight excluding hydrogens is 220 g/mol. The van der Waals surface area contributed by atoms with E-state index < -0.39 is 5.97 Å². The molecule has 1 aromatic heterocycles. The molecule has 1 heterocycles. The Balaban J connectivity index is 2.45. The minimum Gasteiger partial charge on any atom is -0.476 e. The summed E-state index contributed by atoms with van der Waals surface area (Å²) in [6.45, 7) is 0. The summed E-state index contributed by atoms with van der Waals surface area (Å²) in [6.07, 6.45) is 6.02. The number of hydrogen-bond acceptors (Lipinski definition) is 3. The molecule has 1 saturated carbocycles. The SMILES string of the molecule is Cn1c(C=O)nc(C(=O)O)c1C1CCCCC1. The molecule has 0 amide bonds. The monoisotopic (exact) mass is 236 g/mol. The van der Waals surface area contributed by atoms with Crippen LogP contribution in [0.4, 0.5) is 0 Å². The third kappa shape index (κ3) is 2.09. The van der Waals surface area contributed by atoms with Crippen molar-refractivity contribution in [3.63, 3.8) is 0 Å². The molecule has 1 fully saturated rings. The van der Waals surface area contributed by atoms with Crippen LogP contribution in [0.25, 0.3) is 0 Å². The molecule has 0 saturated heterocycles. The first kappa shape index (κ1) is 11.8. The molecular formula is C12H16N2O3. The average molecular weight is 236 g/mol. The van der Waals surface area contributed by atoms with Gasteiger partial charge in [0.2, 0.25) is 0 Å². The Bertz CT molecular complexity index is 445. The molecule has 0 atom stereocenters.